The number of benzene rings is 1. The molecule has 0 saturated heterocycles. The highest BCUT2D eigenvalue weighted by Crippen LogP contribution is 2.22. The summed E-state index contributed by atoms with van der Waals surface area (Å²) >= 11 is 0. The van der Waals surface area contributed by atoms with Crippen molar-refractivity contribution in [1.29, 1.82) is 0 Å². The molecule has 1 N–H and O–H groups in total. The molecular weight excluding hydrogens is 290 g/mol. The zero-order valence-electron chi connectivity index (χ0n) is 12.6. The smallest absolute Gasteiger partial charge is 0.250 e. The number of nitrogens with zero attached hydrogens (tertiary/aromatic N) is 6. The second-order valence-electron chi connectivity index (χ2n) is 5.16. The van der Waals surface area contributed by atoms with Gasteiger partial charge in [-0.1, -0.05) is 30.3 Å². The Kier molecular flexibility index (Phi) is 3.23. The normalized spacial score (nSPS) is 11.0. The summed E-state index contributed by atoms with van der Waals surface area (Å²) in [7, 11) is 1.94. The molecule has 0 amide bonds. The molecule has 4 rings (SSSR count). The van der Waals surface area contributed by atoms with E-state index in [1.807, 2.05) is 35.9 Å². The summed E-state index contributed by atoms with van der Waals surface area (Å²) in [6.45, 7) is 0.693. The van der Waals surface area contributed by atoms with Crippen LogP contribution < -0.4 is 5.32 Å². The number of rotatable bonds is 4. The van der Waals surface area contributed by atoms with E-state index in [9.17, 15) is 0 Å². The lowest BCUT2D eigenvalue weighted by molar-refractivity contribution is 0.676. The van der Waals surface area contributed by atoms with Gasteiger partial charge >= 0.3 is 0 Å². The van der Waals surface area contributed by atoms with Crippen molar-refractivity contribution in [3.63, 3.8) is 0 Å². The van der Waals surface area contributed by atoms with Gasteiger partial charge in [-0.3, -0.25) is 0 Å². The predicted octanol–water partition coefficient (Wildman–Crippen LogP) is 2.16. The molecule has 0 bridgehead atoms. The molecule has 0 aliphatic carbocycles. The fourth-order valence-electron chi connectivity index (χ4n) is 2.52. The van der Waals surface area contributed by atoms with Gasteiger partial charge < -0.3 is 9.88 Å². The van der Waals surface area contributed by atoms with Crippen molar-refractivity contribution in [2.75, 3.05) is 5.32 Å². The van der Waals surface area contributed by atoms with Crippen LogP contribution in [0.15, 0.2) is 55.0 Å². The first kappa shape index (κ1) is 13.4. The van der Waals surface area contributed by atoms with Crippen molar-refractivity contribution in [1.82, 2.24) is 29.5 Å². The second-order valence-corrected chi connectivity index (χ2v) is 5.16. The number of fused-ring (bicyclic) bond motifs is 1. The molecular formula is C16H15N7. The van der Waals surface area contributed by atoms with Gasteiger partial charge in [-0.15, -0.1) is 4.80 Å². The molecule has 7 nitrogen and oxygen atoms in total. The summed E-state index contributed by atoms with van der Waals surface area (Å²) < 4.78 is 1.95. The maximum absolute atomic E-state index is 4.64. The number of hydrogen-bond acceptors (Lipinski definition) is 5. The van der Waals surface area contributed by atoms with Crippen LogP contribution in [0.1, 0.15) is 5.56 Å². The SMILES string of the molecule is Cn1c(-n2nccn2)nc2c(NCc3ccccc3)nccc21. The molecule has 0 aliphatic heterocycles. The van der Waals surface area contributed by atoms with Gasteiger partial charge in [0.1, 0.15) is 5.52 Å². The summed E-state index contributed by atoms with van der Waals surface area (Å²) in [4.78, 5) is 10.6. The fourth-order valence-corrected chi connectivity index (χ4v) is 2.52. The number of aryl methyl sites for hydroxylation is 1. The first-order valence-electron chi connectivity index (χ1n) is 7.29. The number of hydrogen-bond donors (Lipinski definition) is 1. The molecule has 114 valence electrons. The Balaban J connectivity index is 1.72. The van der Waals surface area contributed by atoms with Gasteiger partial charge in [0.2, 0.25) is 5.95 Å². The monoisotopic (exact) mass is 305 g/mol. The first-order chi connectivity index (χ1) is 11.3. The van der Waals surface area contributed by atoms with Crippen molar-refractivity contribution in [3.8, 4) is 5.95 Å². The molecule has 0 unspecified atom stereocenters. The summed E-state index contributed by atoms with van der Waals surface area (Å²) in [5, 5.41) is 11.6. The Bertz CT molecular complexity index is 926. The van der Waals surface area contributed by atoms with E-state index < -0.39 is 0 Å². The number of anilines is 1. The lowest BCUT2D eigenvalue weighted by Crippen LogP contribution is -2.05. The Labute approximate surface area is 132 Å². The molecule has 0 fully saturated rings. The zero-order valence-corrected chi connectivity index (χ0v) is 12.6. The van der Waals surface area contributed by atoms with Crippen molar-refractivity contribution in [2.24, 2.45) is 7.05 Å². The van der Waals surface area contributed by atoms with E-state index in [0.29, 0.717) is 12.5 Å². The van der Waals surface area contributed by atoms with Gasteiger partial charge in [0.05, 0.1) is 17.9 Å². The summed E-state index contributed by atoms with van der Waals surface area (Å²) in [5.41, 5.74) is 2.97. The van der Waals surface area contributed by atoms with E-state index in [0.717, 1.165) is 16.9 Å². The second kappa shape index (κ2) is 5.53. The fraction of sp³-hybridized carbons (Fsp3) is 0.125. The minimum atomic E-state index is 0.653. The van der Waals surface area contributed by atoms with Crippen LogP contribution in [0.4, 0.5) is 5.82 Å². The molecule has 23 heavy (non-hydrogen) atoms. The van der Waals surface area contributed by atoms with Gasteiger partial charge in [-0.2, -0.15) is 10.2 Å². The summed E-state index contributed by atoms with van der Waals surface area (Å²) in [6, 6.07) is 12.1. The zero-order chi connectivity index (χ0) is 15.6. The molecule has 4 aromatic rings. The minimum Gasteiger partial charge on any atom is -0.364 e. The maximum atomic E-state index is 4.64. The van der Waals surface area contributed by atoms with Crippen LogP contribution in [0.5, 0.6) is 0 Å². The lowest BCUT2D eigenvalue weighted by Gasteiger charge is -2.06. The van der Waals surface area contributed by atoms with Crippen molar-refractivity contribution < 1.29 is 0 Å². The van der Waals surface area contributed by atoms with Crippen LogP contribution in [0.3, 0.4) is 0 Å². The lowest BCUT2D eigenvalue weighted by atomic mass is 10.2. The van der Waals surface area contributed by atoms with E-state index in [4.69, 9.17) is 0 Å². The van der Waals surface area contributed by atoms with E-state index in [2.05, 4.69) is 37.6 Å². The third kappa shape index (κ3) is 2.42. The van der Waals surface area contributed by atoms with E-state index in [1.165, 1.54) is 10.4 Å². The van der Waals surface area contributed by atoms with Crippen LogP contribution in [0, 0.1) is 0 Å². The summed E-state index contributed by atoms with van der Waals surface area (Å²) in [6.07, 6.45) is 5.04. The van der Waals surface area contributed by atoms with Gasteiger partial charge in [0, 0.05) is 19.8 Å². The van der Waals surface area contributed by atoms with Crippen LogP contribution in [-0.2, 0) is 13.6 Å². The highest BCUT2D eigenvalue weighted by Gasteiger charge is 2.14. The molecule has 1 aromatic carbocycles. The summed E-state index contributed by atoms with van der Waals surface area (Å²) in [5.74, 6) is 1.40. The van der Waals surface area contributed by atoms with E-state index in [1.54, 1.807) is 18.6 Å². The topological polar surface area (TPSA) is 73.5 Å². The molecule has 7 heteroatoms. The van der Waals surface area contributed by atoms with Crippen molar-refractivity contribution in [3.05, 3.63) is 60.6 Å². The standard InChI is InChI=1S/C16H15N7/c1-22-13-7-8-17-15(18-11-12-5-3-2-4-6-12)14(13)21-16(22)23-19-9-10-20-23/h2-10H,11H2,1H3,(H,17,18). The number of aromatic nitrogens is 6. The quantitative estimate of drug-likeness (QED) is 0.625. The Morgan fingerprint density at radius 3 is 2.57 bits per heavy atom. The third-order valence-corrected chi connectivity index (χ3v) is 3.68. The average Bonchev–Trinajstić information content (AvgIpc) is 3.22. The number of imidazole rings is 1. The first-order valence-corrected chi connectivity index (χ1v) is 7.29. The number of nitrogens with one attached hydrogen (secondary N) is 1. The molecule has 0 aliphatic rings. The van der Waals surface area contributed by atoms with Crippen molar-refractivity contribution >= 4 is 16.9 Å². The van der Waals surface area contributed by atoms with Crippen LogP contribution in [0.2, 0.25) is 0 Å². The average molecular weight is 305 g/mol. The maximum Gasteiger partial charge on any atom is 0.250 e. The van der Waals surface area contributed by atoms with Crippen molar-refractivity contribution in [2.45, 2.75) is 6.54 Å². The molecule has 0 radical (unpaired) electrons. The molecule has 3 aromatic heterocycles. The van der Waals surface area contributed by atoms with Gasteiger partial charge in [0.15, 0.2) is 5.82 Å². The molecule has 0 atom stereocenters. The largest absolute Gasteiger partial charge is 0.364 e. The molecule has 3 heterocycles. The van der Waals surface area contributed by atoms with E-state index >= 15 is 0 Å². The van der Waals surface area contributed by atoms with Gasteiger partial charge in [-0.25, -0.2) is 9.97 Å². The molecule has 0 saturated carbocycles. The highest BCUT2D eigenvalue weighted by molar-refractivity contribution is 5.87. The van der Waals surface area contributed by atoms with Crippen LogP contribution >= 0.6 is 0 Å². The van der Waals surface area contributed by atoms with E-state index in [-0.39, 0.29) is 0 Å². The Hall–Kier alpha value is -3.22. The minimum absolute atomic E-state index is 0.653. The van der Waals surface area contributed by atoms with Gasteiger partial charge in [-0.05, 0) is 11.6 Å². The number of pyridine rings is 1. The highest BCUT2D eigenvalue weighted by atomic mass is 15.5. The van der Waals surface area contributed by atoms with Crippen LogP contribution in [0.25, 0.3) is 17.0 Å². The van der Waals surface area contributed by atoms with Gasteiger partial charge in [0.25, 0.3) is 0 Å². The van der Waals surface area contributed by atoms with Crippen LogP contribution in [-0.4, -0.2) is 29.5 Å². The molecule has 0 spiro atoms. The predicted molar refractivity (Wildman–Crippen MR) is 87.2 cm³/mol. The Morgan fingerprint density at radius 2 is 1.78 bits per heavy atom. The third-order valence-electron chi connectivity index (χ3n) is 3.68. The Morgan fingerprint density at radius 1 is 1.00 bits per heavy atom.